The Kier molecular flexibility index (Phi) is 10.2. The summed E-state index contributed by atoms with van der Waals surface area (Å²) in [6.07, 6.45) is 0. The number of guanidine groups is 1. The third-order valence-electron chi connectivity index (χ3n) is 3.41. The van der Waals surface area contributed by atoms with E-state index >= 15 is 0 Å². The number of hydrogen-bond acceptors (Lipinski definition) is 6. The van der Waals surface area contributed by atoms with Crippen molar-refractivity contribution in [3.63, 3.8) is 0 Å². The molecule has 0 aliphatic heterocycles. The van der Waals surface area contributed by atoms with Crippen LogP contribution in [-0.4, -0.2) is 50.9 Å². The molecule has 0 fully saturated rings. The maximum absolute atomic E-state index is 12.2. The lowest BCUT2D eigenvalue weighted by Crippen LogP contribution is -2.39. The van der Waals surface area contributed by atoms with Crippen molar-refractivity contribution in [2.45, 2.75) is 31.5 Å². The van der Waals surface area contributed by atoms with Crippen LogP contribution in [-0.2, 0) is 16.6 Å². The highest BCUT2D eigenvalue weighted by molar-refractivity contribution is 14.0. The predicted molar refractivity (Wildman–Crippen MR) is 124 cm³/mol. The highest BCUT2D eigenvalue weighted by Crippen LogP contribution is 2.20. The average molecular weight is 544 g/mol. The fourth-order valence-corrected chi connectivity index (χ4v) is 5.19. The second-order valence-corrected chi connectivity index (χ2v) is 10.1. The van der Waals surface area contributed by atoms with E-state index in [1.165, 1.54) is 11.3 Å². The number of halogens is 1. The third-order valence-corrected chi connectivity index (χ3v) is 7.18. The Bertz CT molecular complexity index is 848. The van der Waals surface area contributed by atoms with Crippen molar-refractivity contribution in [2.24, 2.45) is 4.99 Å². The predicted octanol–water partition coefficient (Wildman–Crippen LogP) is 2.82. The van der Waals surface area contributed by atoms with Crippen LogP contribution >= 0.6 is 46.7 Å². The molecular formula is C16H26IN5O2S3. The van der Waals surface area contributed by atoms with Crippen LogP contribution in [0.2, 0.25) is 0 Å². The number of hydrogen-bond donors (Lipinski definition) is 2. The molecule has 0 bridgehead atoms. The van der Waals surface area contributed by atoms with Crippen LogP contribution < -0.4 is 10.0 Å². The number of nitrogens with one attached hydrogen (secondary N) is 2. The third kappa shape index (κ3) is 7.64. The molecule has 0 saturated carbocycles. The Hall–Kier alpha value is -0.760. The van der Waals surface area contributed by atoms with Gasteiger partial charge in [-0.05, 0) is 32.9 Å². The van der Waals surface area contributed by atoms with Gasteiger partial charge in [-0.15, -0.1) is 46.7 Å². The molecule has 0 amide bonds. The zero-order valence-electron chi connectivity index (χ0n) is 15.9. The SMILES string of the molecule is CCNC(=NCCNS(=O)(=O)c1ccc(C)s1)N(C)Cc1csc(C)n1.I. The maximum Gasteiger partial charge on any atom is 0.250 e. The van der Waals surface area contributed by atoms with Crippen LogP contribution in [0.5, 0.6) is 0 Å². The number of nitrogens with zero attached hydrogens (tertiary/aromatic N) is 3. The molecule has 7 nitrogen and oxygen atoms in total. The minimum Gasteiger partial charge on any atom is -0.357 e. The van der Waals surface area contributed by atoms with E-state index in [9.17, 15) is 8.42 Å². The van der Waals surface area contributed by atoms with Gasteiger partial charge in [-0.1, -0.05) is 0 Å². The molecule has 0 atom stereocenters. The Labute approximate surface area is 186 Å². The summed E-state index contributed by atoms with van der Waals surface area (Å²) in [5, 5.41) is 6.29. The number of thiazole rings is 1. The Morgan fingerprint density at radius 3 is 2.63 bits per heavy atom. The quantitative estimate of drug-likeness (QED) is 0.232. The molecular weight excluding hydrogens is 517 g/mol. The lowest BCUT2D eigenvalue weighted by molar-refractivity contribution is 0.471. The number of aryl methyl sites for hydroxylation is 2. The van der Waals surface area contributed by atoms with E-state index in [0.717, 1.165) is 28.1 Å². The summed E-state index contributed by atoms with van der Waals surface area (Å²) in [5.74, 6) is 0.726. The normalized spacial score (nSPS) is 11.9. The molecule has 152 valence electrons. The number of aromatic nitrogens is 1. The smallest absolute Gasteiger partial charge is 0.250 e. The first-order chi connectivity index (χ1) is 12.3. The van der Waals surface area contributed by atoms with Gasteiger partial charge in [0.05, 0.1) is 23.8 Å². The molecule has 0 unspecified atom stereocenters. The van der Waals surface area contributed by atoms with Crippen LogP contribution in [0.4, 0.5) is 0 Å². The Morgan fingerprint density at radius 1 is 1.33 bits per heavy atom. The molecule has 2 aromatic rings. The second kappa shape index (κ2) is 11.3. The summed E-state index contributed by atoms with van der Waals surface area (Å²) in [4.78, 5) is 11.9. The van der Waals surface area contributed by atoms with Gasteiger partial charge >= 0.3 is 0 Å². The van der Waals surface area contributed by atoms with Gasteiger partial charge in [-0.3, -0.25) is 4.99 Å². The van der Waals surface area contributed by atoms with Crippen molar-refractivity contribution in [2.75, 3.05) is 26.7 Å². The summed E-state index contributed by atoms with van der Waals surface area (Å²) in [7, 11) is -1.52. The molecule has 0 aromatic carbocycles. The molecule has 0 saturated heterocycles. The lowest BCUT2D eigenvalue weighted by atomic mass is 10.4. The van der Waals surface area contributed by atoms with Crippen molar-refractivity contribution in [3.05, 3.63) is 33.1 Å². The standard InChI is InChI=1S/C16H25N5O2S3.HI/c1-5-17-16(21(4)10-14-11-24-13(3)20-14)18-8-9-19-26(22,23)15-7-6-12(2)25-15;/h6-7,11,19H,5,8-10H2,1-4H3,(H,17,18);1H. The molecule has 2 N–H and O–H groups in total. The zero-order chi connectivity index (χ0) is 19.2. The molecule has 11 heteroatoms. The van der Waals surface area contributed by atoms with E-state index in [0.29, 0.717) is 17.3 Å². The Balaban J connectivity index is 0.00000364. The van der Waals surface area contributed by atoms with Gasteiger partial charge in [0.15, 0.2) is 5.96 Å². The largest absolute Gasteiger partial charge is 0.357 e. The van der Waals surface area contributed by atoms with Gasteiger partial charge in [0.25, 0.3) is 0 Å². The van der Waals surface area contributed by atoms with E-state index in [4.69, 9.17) is 0 Å². The van der Waals surface area contributed by atoms with Gasteiger partial charge < -0.3 is 10.2 Å². The van der Waals surface area contributed by atoms with Crippen molar-refractivity contribution in [1.82, 2.24) is 19.9 Å². The number of thiophene rings is 1. The monoisotopic (exact) mass is 543 g/mol. The molecule has 0 radical (unpaired) electrons. The molecule has 2 heterocycles. The highest BCUT2D eigenvalue weighted by atomic mass is 127. The van der Waals surface area contributed by atoms with Crippen molar-refractivity contribution in [1.29, 1.82) is 0 Å². The molecule has 2 aromatic heterocycles. The number of rotatable bonds is 8. The van der Waals surface area contributed by atoms with Gasteiger partial charge in [-0.2, -0.15) is 0 Å². The van der Waals surface area contributed by atoms with Crippen LogP contribution in [0.15, 0.2) is 26.7 Å². The fourth-order valence-electron chi connectivity index (χ4n) is 2.24. The summed E-state index contributed by atoms with van der Waals surface area (Å²) >= 11 is 2.88. The zero-order valence-corrected chi connectivity index (χ0v) is 20.6. The molecule has 2 rings (SSSR count). The van der Waals surface area contributed by atoms with Crippen molar-refractivity contribution >= 4 is 62.6 Å². The maximum atomic E-state index is 12.2. The molecule has 27 heavy (non-hydrogen) atoms. The van der Waals surface area contributed by atoms with Crippen molar-refractivity contribution < 1.29 is 8.42 Å². The summed E-state index contributed by atoms with van der Waals surface area (Å²) in [6, 6.07) is 3.43. The summed E-state index contributed by atoms with van der Waals surface area (Å²) in [5.41, 5.74) is 0.995. The summed E-state index contributed by atoms with van der Waals surface area (Å²) in [6.45, 7) is 7.85. The van der Waals surface area contributed by atoms with Crippen LogP contribution in [0, 0.1) is 13.8 Å². The van der Waals surface area contributed by atoms with E-state index in [1.54, 1.807) is 23.5 Å². The van der Waals surface area contributed by atoms with E-state index in [2.05, 4.69) is 20.0 Å². The van der Waals surface area contributed by atoms with E-state index in [1.807, 2.05) is 38.1 Å². The topological polar surface area (TPSA) is 86.7 Å². The van der Waals surface area contributed by atoms with E-state index < -0.39 is 10.0 Å². The molecule has 0 aliphatic rings. The lowest BCUT2D eigenvalue weighted by Gasteiger charge is -2.21. The second-order valence-electron chi connectivity index (χ2n) is 5.71. The number of sulfonamides is 1. The van der Waals surface area contributed by atoms with Gasteiger partial charge in [-0.25, -0.2) is 18.1 Å². The number of aliphatic imine (C=N–C) groups is 1. The first kappa shape index (κ1) is 24.3. The van der Waals surface area contributed by atoms with Crippen LogP contribution in [0.1, 0.15) is 22.5 Å². The minimum atomic E-state index is -3.46. The van der Waals surface area contributed by atoms with Crippen LogP contribution in [0.3, 0.4) is 0 Å². The average Bonchev–Trinajstić information content (AvgIpc) is 3.19. The first-order valence-electron chi connectivity index (χ1n) is 8.28. The minimum absolute atomic E-state index is 0. The van der Waals surface area contributed by atoms with Crippen molar-refractivity contribution in [3.8, 4) is 0 Å². The molecule has 0 aliphatic carbocycles. The first-order valence-corrected chi connectivity index (χ1v) is 11.5. The van der Waals surface area contributed by atoms with E-state index in [-0.39, 0.29) is 30.5 Å². The Morgan fingerprint density at radius 2 is 2.07 bits per heavy atom. The van der Waals surface area contributed by atoms with Gasteiger partial charge in [0.1, 0.15) is 4.21 Å². The van der Waals surface area contributed by atoms with Gasteiger partial charge in [0.2, 0.25) is 10.0 Å². The highest BCUT2D eigenvalue weighted by Gasteiger charge is 2.15. The fraction of sp³-hybridized carbons (Fsp3) is 0.500. The van der Waals surface area contributed by atoms with Gasteiger partial charge in [0, 0.05) is 30.4 Å². The summed E-state index contributed by atoms with van der Waals surface area (Å²) < 4.78 is 27.4. The molecule has 0 spiro atoms. The van der Waals surface area contributed by atoms with Crippen LogP contribution in [0.25, 0.3) is 0 Å².